The minimum Gasteiger partial charge on any atom is -0.306 e. The number of benzene rings is 2. The predicted molar refractivity (Wildman–Crippen MR) is 77.8 cm³/mol. The van der Waals surface area contributed by atoms with Gasteiger partial charge in [-0.3, -0.25) is 0 Å². The number of halogens is 2. The zero-order chi connectivity index (χ0) is 13.8. The second kappa shape index (κ2) is 6.18. The fraction of sp³-hybridized carbons (Fsp3) is 0.250. The molecule has 19 heavy (non-hydrogen) atoms. The lowest BCUT2D eigenvalue weighted by atomic mass is 10.0. The van der Waals surface area contributed by atoms with E-state index in [1.54, 1.807) is 12.1 Å². The molecule has 0 aliphatic heterocycles. The first-order chi connectivity index (χ1) is 9.08. The third kappa shape index (κ3) is 3.55. The molecule has 0 aliphatic carbocycles. The molecule has 0 saturated heterocycles. The van der Waals surface area contributed by atoms with Crippen molar-refractivity contribution in [1.82, 2.24) is 5.32 Å². The van der Waals surface area contributed by atoms with Crippen LogP contribution in [0, 0.1) is 12.7 Å². The monoisotopic (exact) mass is 277 g/mol. The molecule has 0 spiro atoms. The van der Waals surface area contributed by atoms with Crippen molar-refractivity contribution in [2.45, 2.75) is 26.4 Å². The zero-order valence-electron chi connectivity index (χ0n) is 11.1. The van der Waals surface area contributed by atoms with Gasteiger partial charge in [-0.15, -0.1) is 0 Å². The Morgan fingerprint density at radius 3 is 2.63 bits per heavy atom. The van der Waals surface area contributed by atoms with Gasteiger partial charge in [-0.05, 0) is 42.7 Å². The topological polar surface area (TPSA) is 12.0 Å². The maximum absolute atomic E-state index is 13.1. The van der Waals surface area contributed by atoms with Crippen LogP contribution in [0.3, 0.4) is 0 Å². The summed E-state index contributed by atoms with van der Waals surface area (Å²) in [5.41, 5.74) is 3.52. The molecule has 0 aliphatic rings. The number of nitrogens with one attached hydrogen (secondary N) is 1. The molecule has 0 saturated carbocycles. The summed E-state index contributed by atoms with van der Waals surface area (Å²) in [6.07, 6.45) is 0. The molecule has 1 nitrogen and oxygen atoms in total. The van der Waals surface area contributed by atoms with Crippen molar-refractivity contribution in [2.24, 2.45) is 0 Å². The number of rotatable bonds is 4. The van der Waals surface area contributed by atoms with Gasteiger partial charge in [0, 0.05) is 12.6 Å². The van der Waals surface area contributed by atoms with Gasteiger partial charge in [0.2, 0.25) is 0 Å². The molecule has 0 amide bonds. The first kappa shape index (κ1) is 14.0. The molecule has 1 atom stereocenters. The maximum atomic E-state index is 13.1. The van der Waals surface area contributed by atoms with E-state index in [2.05, 4.69) is 31.3 Å². The van der Waals surface area contributed by atoms with Crippen molar-refractivity contribution in [3.8, 4) is 0 Å². The molecular formula is C16H17ClFN. The van der Waals surface area contributed by atoms with Gasteiger partial charge in [-0.1, -0.05) is 41.9 Å². The molecule has 0 heterocycles. The van der Waals surface area contributed by atoms with Gasteiger partial charge in [0.05, 0.1) is 5.02 Å². The summed E-state index contributed by atoms with van der Waals surface area (Å²) in [5.74, 6) is -0.377. The van der Waals surface area contributed by atoms with Crippen molar-refractivity contribution in [3.05, 3.63) is 70.0 Å². The van der Waals surface area contributed by atoms with Gasteiger partial charge in [-0.25, -0.2) is 4.39 Å². The summed E-state index contributed by atoms with van der Waals surface area (Å²) < 4.78 is 13.1. The van der Waals surface area contributed by atoms with Crippen molar-refractivity contribution in [1.29, 1.82) is 0 Å². The van der Waals surface area contributed by atoms with Crippen LogP contribution in [-0.2, 0) is 6.54 Å². The summed E-state index contributed by atoms with van der Waals surface area (Å²) in [7, 11) is 0. The average Bonchev–Trinajstić information content (AvgIpc) is 2.40. The Labute approximate surface area is 118 Å². The minimum absolute atomic E-state index is 0.169. The summed E-state index contributed by atoms with van der Waals surface area (Å²) in [5, 5.41) is 3.59. The van der Waals surface area contributed by atoms with Crippen LogP contribution >= 0.6 is 11.6 Å². The van der Waals surface area contributed by atoms with E-state index in [0.29, 0.717) is 6.54 Å². The normalized spacial score (nSPS) is 12.4. The lowest BCUT2D eigenvalue weighted by molar-refractivity contribution is 0.570. The second-order valence-corrected chi connectivity index (χ2v) is 5.11. The van der Waals surface area contributed by atoms with Crippen molar-refractivity contribution >= 4 is 11.6 Å². The van der Waals surface area contributed by atoms with E-state index < -0.39 is 0 Å². The van der Waals surface area contributed by atoms with Crippen LogP contribution in [0.5, 0.6) is 0 Å². The molecule has 0 aromatic heterocycles. The van der Waals surface area contributed by atoms with Crippen LogP contribution in [0.15, 0.2) is 42.5 Å². The molecule has 100 valence electrons. The molecule has 0 radical (unpaired) electrons. The summed E-state index contributed by atoms with van der Waals surface area (Å²) in [4.78, 5) is 0. The van der Waals surface area contributed by atoms with E-state index in [1.165, 1.54) is 17.2 Å². The quantitative estimate of drug-likeness (QED) is 0.858. The van der Waals surface area contributed by atoms with Crippen molar-refractivity contribution in [3.63, 3.8) is 0 Å². The molecule has 0 unspecified atom stereocenters. The van der Waals surface area contributed by atoms with Crippen LogP contribution in [0.1, 0.15) is 29.7 Å². The van der Waals surface area contributed by atoms with Gasteiger partial charge in [0.25, 0.3) is 0 Å². The smallest absolute Gasteiger partial charge is 0.141 e. The highest BCUT2D eigenvalue weighted by atomic mass is 35.5. The number of hydrogen-bond donors (Lipinski definition) is 1. The van der Waals surface area contributed by atoms with Crippen LogP contribution in [-0.4, -0.2) is 0 Å². The molecule has 0 bridgehead atoms. The first-order valence-corrected chi connectivity index (χ1v) is 6.68. The Morgan fingerprint density at radius 2 is 1.95 bits per heavy atom. The highest BCUT2D eigenvalue weighted by Crippen LogP contribution is 2.19. The maximum Gasteiger partial charge on any atom is 0.141 e. The van der Waals surface area contributed by atoms with E-state index in [-0.39, 0.29) is 16.9 Å². The van der Waals surface area contributed by atoms with Crippen molar-refractivity contribution < 1.29 is 4.39 Å². The summed E-state index contributed by atoms with van der Waals surface area (Å²) in [6.45, 7) is 4.88. The SMILES string of the molecule is Cc1ccccc1[C@H](C)NCc1ccc(F)c(Cl)c1. The Hall–Kier alpha value is -1.38. The van der Waals surface area contributed by atoms with Crippen molar-refractivity contribution in [2.75, 3.05) is 0 Å². The lowest BCUT2D eigenvalue weighted by Crippen LogP contribution is -2.18. The molecule has 2 rings (SSSR count). The van der Waals surface area contributed by atoms with Crippen LogP contribution in [0.4, 0.5) is 4.39 Å². The Kier molecular flexibility index (Phi) is 4.56. The molecule has 1 N–H and O–H groups in total. The largest absolute Gasteiger partial charge is 0.306 e. The highest BCUT2D eigenvalue weighted by Gasteiger charge is 2.07. The van der Waals surface area contributed by atoms with Gasteiger partial charge in [0.1, 0.15) is 5.82 Å². The highest BCUT2D eigenvalue weighted by molar-refractivity contribution is 6.30. The van der Waals surface area contributed by atoms with E-state index >= 15 is 0 Å². The summed E-state index contributed by atoms with van der Waals surface area (Å²) in [6, 6.07) is 13.3. The summed E-state index contributed by atoms with van der Waals surface area (Å²) >= 11 is 5.77. The Balaban J connectivity index is 2.02. The molecule has 0 fully saturated rings. The molecule has 2 aromatic rings. The number of aryl methyl sites for hydroxylation is 1. The third-order valence-corrected chi connectivity index (χ3v) is 3.54. The zero-order valence-corrected chi connectivity index (χ0v) is 11.8. The van der Waals surface area contributed by atoms with Gasteiger partial charge < -0.3 is 5.32 Å². The first-order valence-electron chi connectivity index (χ1n) is 6.31. The predicted octanol–water partition coefficient (Wildman–Crippen LogP) is 4.64. The van der Waals surface area contributed by atoms with E-state index in [4.69, 9.17) is 11.6 Å². The number of hydrogen-bond acceptors (Lipinski definition) is 1. The van der Waals surface area contributed by atoms with E-state index in [1.807, 2.05) is 12.1 Å². The molecule has 3 heteroatoms. The van der Waals surface area contributed by atoms with Crippen LogP contribution < -0.4 is 5.32 Å². The Bertz CT molecular complexity index is 568. The van der Waals surface area contributed by atoms with E-state index in [0.717, 1.165) is 5.56 Å². The Morgan fingerprint density at radius 1 is 1.21 bits per heavy atom. The fourth-order valence-electron chi connectivity index (χ4n) is 2.10. The van der Waals surface area contributed by atoms with E-state index in [9.17, 15) is 4.39 Å². The van der Waals surface area contributed by atoms with Crippen LogP contribution in [0.2, 0.25) is 5.02 Å². The lowest BCUT2D eigenvalue weighted by Gasteiger charge is -2.16. The third-order valence-electron chi connectivity index (χ3n) is 3.25. The fourth-order valence-corrected chi connectivity index (χ4v) is 2.31. The second-order valence-electron chi connectivity index (χ2n) is 4.71. The van der Waals surface area contributed by atoms with Crippen LogP contribution in [0.25, 0.3) is 0 Å². The molecular weight excluding hydrogens is 261 g/mol. The van der Waals surface area contributed by atoms with Gasteiger partial charge in [-0.2, -0.15) is 0 Å². The van der Waals surface area contributed by atoms with Gasteiger partial charge in [0.15, 0.2) is 0 Å². The standard InChI is InChI=1S/C16H17ClFN/c1-11-5-3-4-6-14(11)12(2)19-10-13-7-8-16(18)15(17)9-13/h3-9,12,19H,10H2,1-2H3/t12-/m0/s1. The average molecular weight is 278 g/mol. The van der Waals surface area contributed by atoms with Gasteiger partial charge >= 0.3 is 0 Å². The minimum atomic E-state index is -0.377. The molecule has 2 aromatic carbocycles.